The highest BCUT2D eigenvalue weighted by molar-refractivity contribution is 8.03. The van der Waals surface area contributed by atoms with Crippen LogP contribution in [0.5, 0.6) is 5.75 Å². The maximum absolute atomic E-state index is 11.1. The number of nitrogens with zero attached hydrogens (tertiary/aromatic N) is 2. The number of thioether (sulfide) groups is 2. The Morgan fingerprint density at radius 2 is 1.36 bits per heavy atom. The van der Waals surface area contributed by atoms with E-state index in [9.17, 15) is 9.90 Å². The summed E-state index contributed by atoms with van der Waals surface area (Å²) in [5.74, 6) is 0.209. The molecule has 8 heteroatoms. The van der Waals surface area contributed by atoms with Crippen molar-refractivity contribution in [3.05, 3.63) is 64.7 Å². The highest BCUT2D eigenvalue weighted by atomic mass is 32.2. The lowest BCUT2D eigenvalue weighted by Crippen LogP contribution is -2.01. The molecule has 0 fully saturated rings. The van der Waals surface area contributed by atoms with Gasteiger partial charge in [0, 0.05) is 11.0 Å². The Balaban J connectivity index is 1.47. The van der Waals surface area contributed by atoms with Gasteiger partial charge in [0.15, 0.2) is 8.68 Å². The number of hydrogen-bond donors (Lipinski definition) is 2. The fourth-order valence-electron chi connectivity index (χ4n) is 5.53. The molecule has 0 aliphatic carbocycles. The summed E-state index contributed by atoms with van der Waals surface area (Å²) in [5, 5.41) is 29.0. The predicted molar refractivity (Wildman–Crippen MR) is 189 cm³/mol. The van der Waals surface area contributed by atoms with Crippen molar-refractivity contribution < 1.29 is 15.0 Å². The van der Waals surface area contributed by atoms with Gasteiger partial charge in [0.2, 0.25) is 0 Å². The van der Waals surface area contributed by atoms with Crippen LogP contribution in [0.2, 0.25) is 0 Å². The molecule has 0 spiro atoms. The van der Waals surface area contributed by atoms with Gasteiger partial charge in [0.1, 0.15) is 5.75 Å². The second-order valence-corrected chi connectivity index (χ2v) is 15.4. The normalized spacial score (nSPS) is 12.0. The number of benzene rings is 2. The van der Waals surface area contributed by atoms with E-state index in [1.54, 1.807) is 47.0 Å². The van der Waals surface area contributed by atoms with E-state index in [4.69, 9.17) is 5.11 Å². The Morgan fingerprint density at radius 3 is 1.95 bits per heavy atom. The molecular weight excluding hydrogens is 605 g/mol. The zero-order valence-corrected chi connectivity index (χ0v) is 29.2. The first kappa shape index (κ1) is 36.4. The molecule has 1 heterocycles. The van der Waals surface area contributed by atoms with E-state index in [2.05, 4.69) is 30.1 Å². The van der Waals surface area contributed by atoms with Gasteiger partial charge in [0.05, 0.1) is 5.56 Å². The molecule has 0 bridgehead atoms. The zero-order chi connectivity index (χ0) is 31.4. The van der Waals surface area contributed by atoms with Crippen LogP contribution in [0, 0.1) is 0 Å². The van der Waals surface area contributed by atoms with Crippen LogP contribution in [0.3, 0.4) is 0 Å². The summed E-state index contributed by atoms with van der Waals surface area (Å²) in [6, 6.07) is 13.0. The van der Waals surface area contributed by atoms with Crippen molar-refractivity contribution in [1.29, 1.82) is 0 Å². The van der Waals surface area contributed by atoms with Crippen LogP contribution in [-0.2, 0) is 12.2 Å². The molecule has 3 aromatic rings. The molecule has 44 heavy (non-hydrogen) atoms. The molecule has 0 amide bonds. The molecule has 2 N–H and O–H groups in total. The van der Waals surface area contributed by atoms with Gasteiger partial charge < -0.3 is 10.2 Å². The molecule has 3 rings (SSSR count). The standard InChI is InChI=1S/C36H52N2O3S3/c1-3-5-6-7-8-9-10-11-12-13-14-15-16-17-22-33(31-20-18-21-32(39)30(31)19-4-2)43-36-38-37-35(44-36)42-27-28-23-25-29(26-24-28)34(40)41/h18,20-21,23-26,33,39H,3-17,19,22,27H2,1-2H3,(H,40,41). The fraction of sp³-hybridized carbons (Fsp3) is 0.583. The summed E-state index contributed by atoms with van der Waals surface area (Å²) >= 11 is 5.02. The average Bonchev–Trinajstić information content (AvgIpc) is 3.48. The number of rotatable bonds is 24. The maximum atomic E-state index is 11.1. The predicted octanol–water partition coefficient (Wildman–Crippen LogP) is 11.9. The molecule has 0 aliphatic rings. The summed E-state index contributed by atoms with van der Waals surface area (Å²) in [7, 11) is 0. The van der Waals surface area contributed by atoms with Gasteiger partial charge in [-0.25, -0.2) is 4.79 Å². The summed E-state index contributed by atoms with van der Waals surface area (Å²) in [5.41, 5.74) is 3.66. The first-order chi connectivity index (χ1) is 21.5. The highest BCUT2D eigenvalue weighted by Gasteiger charge is 2.21. The van der Waals surface area contributed by atoms with E-state index >= 15 is 0 Å². The van der Waals surface area contributed by atoms with Crippen molar-refractivity contribution in [3.63, 3.8) is 0 Å². The van der Waals surface area contributed by atoms with Crippen LogP contribution in [0.25, 0.3) is 0 Å². The first-order valence-electron chi connectivity index (χ1n) is 16.8. The second kappa shape index (κ2) is 21.7. The molecule has 1 aromatic heterocycles. The number of aromatic nitrogens is 2. The molecule has 1 unspecified atom stereocenters. The lowest BCUT2D eigenvalue weighted by Gasteiger charge is -2.20. The first-order valence-corrected chi connectivity index (χ1v) is 19.5. The fourth-order valence-corrected chi connectivity index (χ4v) is 8.97. The van der Waals surface area contributed by atoms with Crippen LogP contribution < -0.4 is 0 Å². The molecule has 242 valence electrons. The van der Waals surface area contributed by atoms with Gasteiger partial charge in [-0.1, -0.05) is 169 Å². The Morgan fingerprint density at radius 1 is 0.773 bits per heavy atom. The Kier molecular flexibility index (Phi) is 17.9. The van der Waals surface area contributed by atoms with Crippen LogP contribution in [0.4, 0.5) is 0 Å². The lowest BCUT2D eigenvalue weighted by molar-refractivity contribution is 0.0697. The van der Waals surface area contributed by atoms with E-state index in [0.717, 1.165) is 44.8 Å². The van der Waals surface area contributed by atoms with Crippen molar-refractivity contribution in [3.8, 4) is 5.75 Å². The number of hydrogen-bond acceptors (Lipinski definition) is 7. The molecule has 5 nitrogen and oxygen atoms in total. The molecule has 2 aromatic carbocycles. The zero-order valence-electron chi connectivity index (χ0n) is 26.8. The summed E-state index contributed by atoms with van der Waals surface area (Å²) in [4.78, 5) is 11.1. The third-order valence-corrected chi connectivity index (χ3v) is 11.6. The van der Waals surface area contributed by atoms with E-state index in [1.807, 2.05) is 24.3 Å². The summed E-state index contributed by atoms with van der Waals surface area (Å²) in [6.07, 6.45) is 21.9. The third kappa shape index (κ3) is 13.5. The third-order valence-electron chi connectivity index (χ3n) is 8.05. The Hall–Kier alpha value is -2.03. The number of aromatic carboxylic acids is 1. The minimum Gasteiger partial charge on any atom is -0.508 e. The van der Waals surface area contributed by atoms with Gasteiger partial charge in [-0.05, 0) is 47.7 Å². The number of unbranched alkanes of at least 4 members (excludes halogenated alkanes) is 13. The van der Waals surface area contributed by atoms with Crippen molar-refractivity contribution in [1.82, 2.24) is 10.2 Å². The van der Waals surface area contributed by atoms with Gasteiger partial charge >= 0.3 is 5.97 Å². The SMILES string of the molecule is CCCCCCCCCCCCCCCCC(Sc1nnc(SCc2ccc(C(=O)O)cc2)s1)c1cccc(O)c1CCC. The second-order valence-electron chi connectivity index (χ2n) is 11.7. The maximum Gasteiger partial charge on any atom is 0.335 e. The largest absolute Gasteiger partial charge is 0.508 e. The number of aromatic hydroxyl groups is 1. The minimum atomic E-state index is -0.910. The van der Waals surface area contributed by atoms with Crippen LogP contribution >= 0.6 is 34.9 Å². The Bertz CT molecular complexity index is 1220. The highest BCUT2D eigenvalue weighted by Crippen LogP contribution is 2.44. The van der Waals surface area contributed by atoms with E-state index in [-0.39, 0.29) is 5.25 Å². The molecule has 1 atom stereocenters. The molecule has 0 saturated carbocycles. The van der Waals surface area contributed by atoms with Crippen LogP contribution in [0.1, 0.15) is 149 Å². The summed E-state index contributed by atoms with van der Waals surface area (Å²) in [6.45, 7) is 4.44. The monoisotopic (exact) mass is 656 g/mol. The van der Waals surface area contributed by atoms with E-state index in [1.165, 1.54) is 95.5 Å². The number of carboxylic acids is 1. The molecule has 0 radical (unpaired) electrons. The minimum absolute atomic E-state index is 0.232. The van der Waals surface area contributed by atoms with Crippen molar-refractivity contribution in [2.24, 2.45) is 0 Å². The number of phenols is 1. The number of carboxylic acid groups (broad SMARTS) is 1. The van der Waals surface area contributed by atoms with Crippen LogP contribution in [0.15, 0.2) is 51.1 Å². The lowest BCUT2D eigenvalue weighted by atomic mass is 9.96. The average molecular weight is 657 g/mol. The van der Waals surface area contributed by atoms with Crippen LogP contribution in [-0.4, -0.2) is 26.4 Å². The van der Waals surface area contributed by atoms with E-state index < -0.39 is 5.97 Å². The molecule has 0 aliphatic heterocycles. The van der Waals surface area contributed by atoms with Gasteiger partial charge in [-0.15, -0.1) is 10.2 Å². The summed E-state index contributed by atoms with van der Waals surface area (Å²) < 4.78 is 1.87. The Labute approximate surface area is 278 Å². The van der Waals surface area contributed by atoms with Gasteiger partial charge in [-0.3, -0.25) is 0 Å². The topological polar surface area (TPSA) is 83.3 Å². The molecule has 0 saturated heterocycles. The smallest absolute Gasteiger partial charge is 0.335 e. The van der Waals surface area contributed by atoms with Crippen molar-refractivity contribution in [2.45, 2.75) is 143 Å². The van der Waals surface area contributed by atoms with Crippen molar-refractivity contribution >= 4 is 40.8 Å². The molecular formula is C36H52N2O3S3. The van der Waals surface area contributed by atoms with Gasteiger partial charge in [-0.2, -0.15) is 0 Å². The van der Waals surface area contributed by atoms with Gasteiger partial charge in [0.25, 0.3) is 0 Å². The number of phenolic OH excluding ortho intramolecular Hbond substituents is 1. The van der Waals surface area contributed by atoms with Crippen molar-refractivity contribution in [2.75, 3.05) is 0 Å². The van der Waals surface area contributed by atoms with E-state index in [0.29, 0.717) is 11.3 Å². The quantitative estimate of drug-likeness (QED) is 0.0733. The number of carbonyl (C=O) groups is 1.